The molecule has 9 nitrogen and oxygen atoms in total. The third-order valence-electron chi connectivity index (χ3n) is 4.46. The number of carbonyl (C=O) groups excluding carboxylic acids is 1. The average Bonchev–Trinajstić information content (AvgIpc) is 3.21. The van der Waals surface area contributed by atoms with E-state index in [0.29, 0.717) is 37.7 Å². The summed E-state index contributed by atoms with van der Waals surface area (Å²) < 4.78 is 32.5. The van der Waals surface area contributed by atoms with Crippen LogP contribution in [0.3, 0.4) is 0 Å². The van der Waals surface area contributed by atoms with Crippen molar-refractivity contribution in [2.24, 2.45) is 0 Å². The molecule has 1 aromatic rings. The number of nitrogens with one attached hydrogen (secondary N) is 1. The van der Waals surface area contributed by atoms with Gasteiger partial charge in [0.25, 0.3) is 5.91 Å². The van der Waals surface area contributed by atoms with Crippen molar-refractivity contribution in [1.82, 2.24) is 5.32 Å². The molecule has 0 bridgehead atoms. The molecule has 0 spiro atoms. The maximum absolute atomic E-state index is 12.5. The van der Waals surface area contributed by atoms with Crippen LogP contribution in [0.25, 0.3) is 0 Å². The number of fused-ring (bicyclic) bond motifs is 1. The first-order valence-electron chi connectivity index (χ1n) is 9.56. The summed E-state index contributed by atoms with van der Waals surface area (Å²) in [5.74, 6) is 1.18. The maximum atomic E-state index is 12.5. The van der Waals surface area contributed by atoms with Gasteiger partial charge in [0.1, 0.15) is 0 Å². The van der Waals surface area contributed by atoms with E-state index in [4.69, 9.17) is 33.5 Å². The smallest absolute Gasteiger partial charge is 0.286 e. The fourth-order valence-corrected chi connectivity index (χ4v) is 3.05. The highest BCUT2D eigenvalue weighted by Crippen LogP contribution is 2.38. The van der Waals surface area contributed by atoms with Crippen molar-refractivity contribution in [3.05, 3.63) is 35.6 Å². The molecule has 2 aliphatic rings. The molecule has 29 heavy (non-hydrogen) atoms. The van der Waals surface area contributed by atoms with Crippen molar-refractivity contribution >= 4 is 5.91 Å². The second kappa shape index (κ2) is 11.0. The van der Waals surface area contributed by atoms with Gasteiger partial charge in [-0.3, -0.25) is 4.79 Å². The van der Waals surface area contributed by atoms with Crippen LogP contribution in [0.1, 0.15) is 17.9 Å². The second-order valence-electron chi connectivity index (χ2n) is 6.49. The number of aliphatic hydroxyl groups excluding tert-OH is 1. The minimum atomic E-state index is -0.601. The van der Waals surface area contributed by atoms with Crippen LogP contribution in [0.4, 0.5) is 0 Å². The number of rotatable bonds is 11. The number of hydrogen-bond acceptors (Lipinski definition) is 8. The molecular weight excluding hydrogens is 382 g/mol. The summed E-state index contributed by atoms with van der Waals surface area (Å²) in [6.45, 7) is 1.82. The van der Waals surface area contributed by atoms with Crippen molar-refractivity contribution in [2.45, 2.75) is 18.6 Å². The van der Waals surface area contributed by atoms with E-state index < -0.39 is 6.29 Å². The van der Waals surface area contributed by atoms with Gasteiger partial charge in [0.2, 0.25) is 13.1 Å². The Morgan fingerprint density at radius 1 is 1.21 bits per heavy atom. The molecule has 0 radical (unpaired) electrons. The minimum absolute atomic E-state index is 0.0410. The predicted molar refractivity (Wildman–Crippen MR) is 102 cm³/mol. The van der Waals surface area contributed by atoms with Gasteiger partial charge >= 0.3 is 0 Å². The standard InChI is InChI=1S/C20H27NO8/c1-24-6-4-21-20(23)18-11-15(12-19(29-18)26-9-8-25-7-5-22)14-2-3-16-17(10-14)28-13-27-16/h2-3,10-11,15,19,22H,4-9,12-13H2,1H3,(H,21,23). The summed E-state index contributed by atoms with van der Waals surface area (Å²) in [5, 5.41) is 11.5. The Kier molecular flexibility index (Phi) is 8.12. The van der Waals surface area contributed by atoms with E-state index >= 15 is 0 Å². The zero-order valence-corrected chi connectivity index (χ0v) is 16.4. The average molecular weight is 409 g/mol. The van der Waals surface area contributed by atoms with Crippen LogP contribution in [0.5, 0.6) is 11.5 Å². The van der Waals surface area contributed by atoms with E-state index in [-0.39, 0.29) is 44.2 Å². The van der Waals surface area contributed by atoms with E-state index in [0.717, 1.165) is 5.56 Å². The van der Waals surface area contributed by atoms with Crippen LogP contribution in [0.2, 0.25) is 0 Å². The molecule has 9 heteroatoms. The lowest BCUT2D eigenvalue weighted by Crippen LogP contribution is -2.34. The molecule has 2 N–H and O–H groups in total. The molecule has 160 valence electrons. The predicted octanol–water partition coefficient (Wildman–Crippen LogP) is 0.917. The van der Waals surface area contributed by atoms with E-state index in [2.05, 4.69) is 5.32 Å². The summed E-state index contributed by atoms with van der Waals surface area (Å²) >= 11 is 0. The van der Waals surface area contributed by atoms with Crippen LogP contribution in [0.15, 0.2) is 30.0 Å². The lowest BCUT2D eigenvalue weighted by atomic mass is 9.92. The van der Waals surface area contributed by atoms with E-state index in [1.54, 1.807) is 13.2 Å². The van der Waals surface area contributed by atoms with Gasteiger partial charge in [-0.05, 0) is 23.8 Å². The topological polar surface area (TPSA) is 105 Å². The van der Waals surface area contributed by atoms with E-state index in [1.807, 2.05) is 18.2 Å². The Hall–Kier alpha value is -2.33. The fourth-order valence-electron chi connectivity index (χ4n) is 3.05. The number of carbonyl (C=O) groups is 1. The summed E-state index contributed by atoms with van der Waals surface area (Å²) in [7, 11) is 1.57. The van der Waals surface area contributed by atoms with Crippen molar-refractivity contribution in [3.8, 4) is 11.5 Å². The molecule has 2 unspecified atom stereocenters. The molecule has 0 aliphatic carbocycles. The summed E-state index contributed by atoms with van der Waals surface area (Å²) in [5.41, 5.74) is 0.977. The molecule has 2 atom stereocenters. The molecule has 3 rings (SSSR count). The first-order valence-corrected chi connectivity index (χ1v) is 9.56. The number of methoxy groups -OCH3 is 1. The van der Waals surface area contributed by atoms with Gasteiger partial charge in [-0.25, -0.2) is 0 Å². The normalized spacial score (nSPS) is 20.1. The third kappa shape index (κ3) is 6.07. The largest absolute Gasteiger partial charge is 0.459 e. The van der Waals surface area contributed by atoms with Gasteiger partial charge in [0, 0.05) is 26.0 Å². The number of ether oxygens (including phenoxy) is 6. The highest BCUT2D eigenvalue weighted by Gasteiger charge is 2.29. The van der Waals surface area contributed by atoms with E-state index in [9.17, 15) is 4.79 Å². The molecule has 0 aromatic heterocycles. The summed E-state index contributed by atoms with van der Waals surface area (Å²) in [4.78, 5) is 12.5. The molecular formula is C20H27NO8. The monoisotopic (exact) mass is 409 g/mol. The Labute approximate surface area is 169 Å². The van der Waals surface area contributed by atoms with Gasteiger partial charge in [0.15, 0.2) is 17.3 Å². The van der Waals surface area contributed by atoms with Gasteiger partial charge in [-0.15, -0.1) is 0 Å². The fraction of sp³-hybridized carbons (Fsp3) is 0.550. The summed E-state index contributed by atoms with van der Waals surface area (Å²) in [6.07, 6.45) is 1.73. The van der Waals surface area contributed by atoms with Crippen LogP contribution in [-0.4, -0.2) is 70.8 Å². The minimum Gasteiger partial charge on any atom is -0.459 e. The molecule has 2 heterocycles. The quantitative estimate of drug-likeness (QED) is 0.520. The zero-order valence-electron chi connectivity index (χ0n) is 16.4. The number of hydrogen-bond donors (Lipinski definition) is 2. The lowest BCUT2D eigenvalue weighted by molar-refractivity contribution is -0.151. The SMILES string of the molecule is COCCNC(=O)C1=CC(c2ccc3c(c2)OCO3)CC(OCCOCCO)O1. The second-order valence-corrected chi connectivity index (χ2v) is 6.49. The molecule has 0 saturated heterocycles. The van der Waals surface area contributed by atoms with Gasteiger partial charge in [-0.1, -0.05) is 6.07 Å². The lowest BCUT2D eigenvalue weighted by Gasteiger charge is -2.29. The molecule has 1 aromatic carbocycles. The van der Waals surface area contributed by atoms with Crippen LogP contribution in [-0.2, 0) is 23.7 Å². The number of amides is 1. The first-order chi connectivity index (χ1) is 14.2. The molecule has 0 saturated carbocycles. The van der Waals surface area contributed by atoms with Gasteiger partial charge in [0.05, 0.1) is 33.0 Å². The Morgan fingerprint density at radius 2 is 2.07 bits per heavy atom. The van der Waals surface area contributed by atoms with Crippen molar-refractivity contribution in [1.29, 1.82) is 0 Å². The number of allylic oxidation sites excluding steroid dienone is 1. The molecule has 0 fully saturated rings. The molecule has 1 amide bonds. The third-order valence-corrected chi connectivity index (χ3v) is 4.46. The van der Waals surface area contributed by atoms with Crippen LogP contribution < -0.4 is 14.8 Å². The Bertz CT molecular complexity index is 708. The van der Waals surface area contributed by atoms with Crippen LogP contribution in [0, 0.1) is 0 Å². The number of aliphatic hydroxyl groups is 1. The highest BCUT2D eigenvalue weighted by atomic mass is 16.7. The highest BCUT2D eigenvalue weighted by molar-refractivity contribution is 5.91. The van der Waals surface area contributed by atoms with Gasteiger partial charge in [-0.2, -0.15) is 0 Å². The maximum Gasteiger partial charge on any atom is 0.286 e. The van der Waals surface area contributed by atoms with Gasteiger partial charge < -0.3 is 38.8 Å². The number of benzene rings is 1. The summed E-state index contributed by atoms with van der Waals surface area (Å²) in [6, 6.07) is 5.72. The van der Waals surface area contributed by atoms with Crippen LogP contribution >= 0.6 is 0 Å². The Balaban J connectivity index is 1.68. The zero-order chi connectivity index (χ0) is 20.5. The van der Waals surface area contributed by atoms with Crippen molar-refractivity contribution in [2.75, 3.05) is 53.5 Å². The van der Waals surface area contributed by atoms with E-state index in [1.165, 1.54) is 0 Å². The molecule has 2 aliphatic heterocycles. The Morgan fingerprint density at radius 3 is 2.90 bits per heavy atom. The van der Waals surface area contributed by atoms with Crippen molar-refractivity contribution < 1.29 is 38.3 Å². The first kappa shape index (κ1) is 21.4. The van der Waals surface area contributed by atoms with Crippen molar-refractivity contribution in [3.63, 3.8) is 0 Å².